The Labute approximate surface area is 421 Å². The molecule has 0 saturated heterocycles. The Kier molecular flexibility index (Phi) is 14.2. The van der Waals surface area contributed by atoms with Crippen molar-refractivity contribution >= 4 is 64.3 Å². The van der Waals surface area contributed by atoms with Gasteiger partial charge in [0.05, 0.1) is 0 Å². The van der Waals surface area contributed by atoms with Gasteiger partial charge in [0.15, 0.2) is 0 Å². The molecule has 10 rings (SSSR count). The Balaban J connectivity index is 0.975. The second-order valence-corrected chi connectivity index (χ2v) is 29.1. The highest BCUT2D eigenvalue weighted by Gasteiger charge is 2.19. The fourth-order valence-corrected chi connectivity index (χ4v) is 19.3. The molecule has 0 N–H and O–H groups in total. The molecule has 0 aliphatic rings. The first kappa shape index (κ1) is 47.7. The van der Waals surface area contributed by atoms with Gasteiger partial charge in [-0.05, 0) is 204 Å². The third kappa shape index (κ3) is 9.25. The standard InChI is InChI=1S/C64H64N2P4/c1-9-67-45(5)13-41-61(67)51-21-33-57(34-22-51)65(58-35-23-52(24-36-58)62-42-14-46(6)68(62)10-2)55-29-17-49(18-30-55)50-19-31-56(32-20-50)66(59-37-25-53(26-38-59)63-43-15-47(7)69(63)11-3)60-39-27-54(28-40-60)64-44-16-48(8)70(64)12-4/h13-44H,9-12H2,1-8H3. The van der Waals surface area contributed by atoms with E-state index in [2.05, 4.69) is 259 Å². The van der Waals surface area contributed by atoms with E-state index < -0.39 is 0 Å². The Morgan fingerprint density at radius 3 is 0.571 bits per heavy atom. The van der Waals surface area contributed by atoms with Gasteiger partial charge in [-0.1, -0.05) is 125 Å². The highest BCUT2D eigenvalue weighted by atomic mass is 31.1. The van der Waals surface area contributed by atoms with Crippen molar-refractivity contribution in [1.82, 2.24) is 0 Å². The smallest absolute Gasteiger partial charge is 0.0462 e. The van der Waals surface area contributed by atoms with Crippen LogP contribution < -0.4 is 9.80 Å². The van der Waals surface area contributed by atoms with Gasteiger partial charge in [-0.25, -0.2) is 0 Å². The van der Waals surface area contributed by atoms with Crippen LogP contribution in [0.15, 0.2) is 194 Å². The summed E-state index contributed by atoms with van der Waals surface area (Å²) in [6.07, 6.45) is 4.71. The predicted octanol–water partition coefficient (Wildman–Crippen LogP) is 22.2. The molecule has 6 aromatic carbocycles. The summed E-state index contributed by atoms with van der Waals surface area (Å²) in [5, 5.41) is 12.0. The van der Waals surface area contributed by atoms with E-state index in [1.807, 2.05) is 0 Å². The van der Waals surface area contributed by atoms with Gasteiger partial charge in [0.1, 0.15) is 0 Å². The zero-order valence-corrected chi connectivity index (χ0v) is 45.6. The Bertz CT molecular complexity index is 2950. The van der Waals surface area contributed by atoms with Crippen LogP contribution in [0.5, 0.6) is 0 Å². The predicted molar refractivity (Wildman–Crippen MR) is 315 cm³/mol. The van der Waals surface area contributed by atoms with Crippen molar-refractivity contribution in [1.29, 1.82) is 0 Å². The molecule has 0 aliphatic heterocycles. The Morgan fingerprint density at radius 2 is 0.400 bits per heavy atom. The fourth-order valence-electron chi connectivity index (χ4n) is 10.6. The maximum Gasteiger partial charge on any atom is 0.0462 e. The molecule has 4 heterocycles. The third-order valence-electron chi connectivity index (χ3n) is 14.3. The van der Waals surface area contributed by atoms with E-state index in [1.54, 1.807) is 0 Å². The van der Waals surface area contributed by atoms with Crippen LogP contribution in [0, 0.1) is 27.7 Å². The largest absolute Gasteiger partial charge is 0.311 e. The van der Waals surface area contributed by atoms with Gasteiger partial charge < -0.3 is 9.80 Å². The number of aryl methyl sites for hydroxylation is 4. The average Bonchev–Trinajstić information content (AvgIpc) is 4.19. The van der Waals surface area contributed by atoms with Crippen LogP contribution in [0.2, 0.25) is 0 Å². The summed E-state index contributed by atoms with van der Waals surface area (Å²) in [5.74, 6) is 0. The highest BCUT2D eigenvalue weighted by Crippen LogP contribution is 2.51. The summed E-state index contributed by atoms with van der Waals surface area (Å²) in [6, 6.07) is 74.1. The zero-order chi connectivity index (χ0) is 48.5. The van der Waals surface area contributed by atoms with Crippen LogP contribution in [0.1, 0.15) is 48.9 Å². The van der Waals surface area contributed by atoms with E-state index in [0.29, 0.717) is 0 Å². The van der Waals surface area contributed by atoms with Crippen molar-refractivity contribution in [3.63, 3.8) is 0 Å². The minimum atomic E-state index is -0.250. The minimum absolute atomic E-state index is 0.250. The van der Waals surface area contributed by atoms with Crippen molar-refractivity contribution in [3.05, 3.63) is 215 Å². The lowest BCUT2D eigenvalue weighted by molar-refractivity contribution is 1.28. The molecule has 2 nitrogen and oxygen atoms in total. The number of hydrogen-bond acceptors (Lipinski definition) is 2. The van der Waals surface area contributed by atoms with Gasteiger partial charge in [0.25, 0.3) is 0 Å². The van der Waals surface area contributed by atoms with Gasteiger partial charge >= 0.3 is 0 Å². The average molecular weight is 985 g/mol. The lowest BCUT2D eigenvalue weighted by Gasteiger charge is -2.27. The summed E-state index contributed by atoms with van der Waals surface area (Å²) >= 11 is 0. The van der Waals surface area contributed by atoms with Crippen molar-refractivity contribution in [2.24, 2.45) is 0 Å². The molecule has 70 heavy (non-hydrogen) atoms. The minimum Gasteiger partial charge on any atom is -0.311 e. The second-order valence-electron chi connectivity index (χ2n) is 18.4. The molecule has 0 bridgehead atoms. The van der Waals surface area contributed by atoms with E-state index in [0.717, 1.165) is 34.1 Å². The first-order valence-electron chi connectivity index (χ1n) is 25.0. The van der Waals surface area contributed by atoms with Gasteiger partial charge in [-0.2, -0.15) is 0 Å². The molecule has 0 aliphatic carbocycles. The number of hydrogen-bond donors (Lipinski definition) is 0. The second kappa shape index (κ2) is 20.8. The maximum absolute atomic E-state index is 2.41. The van der Waals surface area contributed by atoms with Crippen LogP contribution in [-0.2, 0) is 24.6 Å². The number of anilines is 6. The molecule has 4 unspecified atom stereocenters. The molecule has 0 radical (unpaired) electrons. The summed E-state index contributed by atoms with van der Waals surface area (Å²) in [4.78, 5) is 4.82. The van der Waals surface area contributed by atoms with Crippen molar-refractivity contribution in [2.45, 2.75) is 80.0 Å². The summed E-state index contributed by atoms with van der Waals surface area (Å²) in [7, 11) is -1.000. The van der Waals surface area contributed by atoms with Crippen LogP contribution in [0.3, 0.4) is 0 Å². The normalized spacial score (nSPS) is 12.4. The number of nitrogens with zero attached hydrogens (tertiary/aromatic N) is 2. The van der Waals surface area contributed by atoms with Crippen LogP contribution >= 0.6 is 30.1 Å². The van der Waals surface area contributed by atoms with E-state index in [9.17, 15) is 0 Å². The van der Waals surface area contributed by atoms with Gasteiger partial charge in [-0.15, -0.1) is 30.1 Å². The topological polar surface area (TPSA) is 6.48 Å². The lowest BCUT2D eigenvalue weighted by Crippen LogP contribution is -2.10. The van der Waals surface area contributed by atoms with Crippen molar-refractivity contribution < 1.29 is 0 Å². The first-order chi connectivity index (χ1) is 34.2. The van der Waals surface area contributed by atoms with Gasteiger partial charge in [0.2, 0.25) is 0 Å². The molecule has 0 amide bonds. The molecule has 0 spiro atoms. The van der Waals surface area contributed by atoms with Gasteiger partial charge in [-0.3, -0.25) is 0 Å². The van der Waals surface area contributed by atoms with Crippen LogP contribution in [-0.4, -0.2) is 0 Å². The molecule has 4 aromatic heterocycles. The number of rotatable bonds is 15. The van der Waals surface area contributed by atoms with Gasteiger partial charge in [0, 0.05) is 55.3 Å². The Morgan fingerprint density at radius 1 is 0.229 bits per heavy atom. The molecule has 6 heteroatoms. The molecule has 350 valence electrons. The lowest BCUT2D eigenvalue weighted by atomic mass is 10.0. The quantitative estimate of drug-likeness (QED) is 0.101. The van der Waals surface area contributed by atoms with E-state index in [1.165, 1.54) is 100 Å². The van der Waals surface area contributed by atoms with E-state index >= 15 is 0 Å². The first-order valence-corrected chi connectivity index (χ1v) is 31.2. The molecule has 10 aromatic rings. The highest BCUT2D eigenvalue weighted by molar-refractivity contribution is 7.54. The SMILES string of the molecule is CCp1c(C)ccc1-c1ccc(N(c2ccc(-c3ccc(N(c4ccc(-c5ccc(C)p5CC)cc4)c4ccc(-c5ccc(C)p5CC)cc4)cc3)cc2)c2ccc(-c3ccc(C)p3CC)cc2)cc1. The van der Waals surface area contributed by atoms with E-state index in [-0.39, 0.29) is 30.1 Å². The third-order valence-corrected chi connectivity index (χ3v) is 24.8. The molecular formula is C64H64N2P4. The maximum atomic E-state index is 2.41. The monoisotopic (exact) mass is 984 g/mol. The molecule has 4 atom stereocenters. The molecular weight excluding hydrogens is 921 g/mol. The molecule has 0 saturated carbocycles. The van der Waals surface area contributed by atoms with E-state index in [4.69, 9.17) is 0 Å². The summed E-state index contributed by atoms with van der Waals surface area (Å²) in [5.41, 5.74) is 14.6. The summed E-state index contributed by atoms with van der Waals surface area (Å²) < 4.78 is 0. The fraction of sp³-hybridized carbons (Fsp3) is 0.188. The van der Waals surface area contributed by atoms with Crippen LogP contribution in [0.4, 0.5) is 34.1 Å². The Hall–Kier alpha value is -5.96. The number of benzene rings is 6. The van der Waals surface area contributed by atoms with Crippen molar-refractivity contribution in [2.75, 3.05) is 9.80 Å². The molecule has 0 fully saturated rings. The van der Waals surface area contributed by atoms with Crippen molar-refractivity contribution in [3.8, 4) is 54.6 Å². The summed E-state index contributed by atoms with van der Waals surface area (Å²) in [6.45, 7) is 18.4. The zero-order valence-electron chi connectivity index (χ0n) is 42.0. The van der Waals surface area contributed by atoms with Crippen LogP contribution in [0.25, 0.3) is 54.6 Å².